The topological polar surface area (TPSA) is 135 Å². The summed E-state index contributed by atoms with van der Waals surface area (Å²) < 4.78 is 48.0. The molecule has 2 aromatic rings. The average Bonchev–Trinajstić information content (AvgIpc) is 2.77. The normalized spacial score (nSPS) is 15.9. The quantitative estimate of drug-likeness (QED) is 0.541. The highest BCUT2D eigenvalue weighted by Crippen LogP contribution is 2.35. The van der Waals surface area contributed by atoms with E-state index in [2.05, 4.69) is 4.98 Å². The number of sulfonamides is 1. The van der Waals surface area contributed by atoms with Crippen LogP contribution in [0.2, 0.25) is 0 Å². The zero-order valence-corrected chi connectivity index (χ0v) is 18.4. The van der Waals surface area contributed by atoms with Crippen LogP contribution in [-0.4, -0.2) is 81.4 Å². The van der Waals surface area contributed by atoms with E-state index in [1.54, 1.807) is 18.2 Å². The molecular formula is C20H24FN5O5S. The van der Waals surface area contributed by atoms with Crippen molar-refractivity contribution in [2.45, 2.75) is 10.9 Å². The lowest BCUT2D eigenvalue weighted by atomic mass is 10.1. The maximum Gasteiger partial charge on any atom is 0.250 e. The minimum absolute atomic E-state index is 0.0921. The second kappa shape index (κ2) is 9.59. The Morgan fingerprint density at radius 3 is 2.47 bits per heavy atom. The molecule has 32 heavy (non-hydrogen) atoms. The smallest absolute Gasteiger partial charge is 0.250 e. The Labute approximate surface area is 185 Å². The second-order valence-electron chi connectivity index (χ2n) is 7.28. The van der Waals surface area contributed by atoms with Gasteiger partial charge in [-0.25, -0.2) is 12.8 Å². The number of hydrogen-bond acceptors (Lipinski definition) is 7. The maximum absolute atomic E-state index is 14.4. The summed E-state index contributed by atoms with van der Waals surface area (Å²) in [6, 6.07) is 4.83. The maximum atomic E-state index is 14.4. The van der Waals surface area contributed by atoms with Crippen LogP contribution in [0.3, 0.4) is 0 Å². The molecule has 12 heteroatoms. The van der Waals surface area contributed by atoms with Gasteiger partial charge >= 0.3 is 0 Å². The lowest BCUT2D eigenvalue weighted by molar-refractivity contribution is -0.138. The first-order chi connectivity index (χ1) is 15.1. The summed E-state index contributed by atoms with van der Waals surface area (Å²) in [5.74, 6) is -2.99. The number of primary amides is 1. The number of pyridine rings is 1. The number of aromatic nitrogens is 1. The highest BCUT2D eigenvalue weighted by molar-refractivity contribution is 7.89. The van der Waals surface area contributed by atoms with Crippen LogP contribution in [0.5, 0.6) is 5.75 Å². The first-order valence-electron chi connectivity index (χ1n) is 9.72. The van der Waals surface area contributed by atoms with Gasteiger partial charge in [-0.2, -0.15) is 4.72 Å². The predicted octanol–water partition coefficient (Wildman–Crippen LogP) is -0.197. The fourth-order valence-electron chi connectivity index (χ4n) is 3.35. The van der Waals surface area contributed by atoms with Crippen LogP contribution in [0.15, 0.2) is 41.4 Å². The van der Waals surface area contributed by atoms with Gasteiger partial charge in [-0.1, -0.05) is 6.07 Å². The van der Waals surface area contributed by atoms with Gasteiger partial charge in [0.05, 0.1) is 12.8 Å². The summed E-state index contributed by atoms with van der Waals surface area (Å²) >= 11 is 0. The van der Waals surface area contributed by atoms with Crippen LogP contribution >= 0.6 is 0 Å². The number of piperazine rings is 1. The molecule has 1 atom stereocenters. The van der Waals surface area contributed by atoms with Gasteiger partial charge in [0.2, 0.25) is 15.9 Å². The number of likely N-dealkylation sites (N-methyl/N-ethyl adjacent to an activating group) is 1. The van der Waals surface area contributed by atoms with Crippen LogP contribution in [-0.2, 0) is 19.6 Å². The molecular weight excluding hydrogens is 441 g/mol. The molecule has 3 rings (SSSR count). The molecule has 10 nitrogen and oxygen atoms in total. The number of halogens is 1. The number of benzene rings is 1. The Bertz CT molecular complexity index is 1100. The van der Waals surface area contributed by atoms with E-state index in [-0.39, 0.29) is 17.0 Å². The molecule has 0 spiro atoms. The van der Waals surface area contributed by atoms with Gasteiger partial charge in [0.15, 0.2) is 6.04 Å². The third-order valence-electron chi connectivity index (χ3n) is 5.07. The molecule has 0 unspecified atom stereocenters. The highest BCUT2D eigenvalue weighted by atomic mass is 32.2. The molecule has 0 bridgehead atoms. The van der Waals surface area contributed by atoms with Gasteiger partial charge in [0.25, 0.3) is 5.91 Å². The van der Waals surface area contributed by atoms with Gasteiger partial charge < -0.3 is 20.3 Å². The van der Waals surface area contributed by atoms with Crippen molar-refractivity contribution in [1.82, 2.24) is 19.5 Å². The molecule has 0 radical (unpaired) electrons. The highest BCUT2D eigenvalue weighted by Gasteiger charge is 2.36. The predicted molar refractivity (Wildman–Crippen MR) is 114 cm³/mol. The van der Waals surface area contributed by atoms with Crippen molar-refractivity contribution in [3.8, 4) is 17.0 Å². The number of methoxy groups -OCH3 is 1. The van der Waals surface area contributed by atoms with E-state index < -0.39 is 38.6 Å². The van der Waals surface area contributed by atoms with Gasteiger partial charge in [-0.05, 0) is 31.3 Å². The van der Waals surface area contributed by atoms with Crippen molar-refractivity contribution in [3.63, 3.8) is 0 Å². The molecule has 2 heterocycles. The van der Waals surface area contributed by atoms with Gasteiger partial charge in [0, 0.05) is 37.9 Å². The van der Waals surface area contributed by atoms with E-state index in [9.17, 15) is 22.4 Å². The number of rotatable bonds is 7. The molecule has 1 saturated heterocycles. The number of carbonyl (C=O) groups is 2. The number of amides is 2. The van der Waals surface area contributed by atoms with E-state index in [1.807, 2.05) is 16.7 Å². The fraction of sp³-hybridized carbons (Fsp3) is 0.350. The molecule has 0 saturated carbocycles. The Hall–Kier alpha value is -3.09. The first-order valence-corrected chi connectivity index (χ1v) is 11.2. The Morgan fingerprint density at radius 2 is 1.91 bits per heavy atom. The van der Waals surface area contributed by atoms with Crippen LogP contribution < -0.4 is 15.2 Å². The molecule has 1 aliphatic rings. The van der Waals surface area contributed by atoms with Crippen molar-refractivity contribution in [2.24, 2.45) is 5.73 Å². The van der Waals surface area contributed by atoms with Crippen LogP contribution in [0.1, 0.15) is 0 Å². The fourth-order valence-corrected chi connectivity index (χ4v) is 4.71. The molecule has 1 aromatic heterocycles. The minimum atomic E-state index is -4.60. The number of carbonyl (C=O) groups excluding carboxylic acids is 2. The summed E-state index contributed by atoms with van der Waals surface area (Å²) in [5.41, 5.74) is 5.71. The van der Waals surface area contributed by atoms with Gasteiger partial charge in [0.1, 0.15) is 16.5 Å². The van der Waals surface area contributed by atoms with E-state index in [4.69, 9.17) is 10.5 Å². The number of ether oxygens (including phenoxy) is 1. The largest absolute Gasteiger partial charge is 0.495 e. The number of nitrogens with zero attached hydrogens (tertiary/aromatic N) is 3. The van der Waals surface area contributed by atoms with Crippen molar-refractivity contribution >= 4 is 21.8 Å². The van der Waals surface area contributed by atoms with E-state index in [1.165, 1.54) is 18.2 Å². The Kier molecular flexibility index (Phi) is 7.06. The molecule has 1 fully saturated rings. The standard InChI is InChI=1S/C20H24FN5O5S/c1-25-7-9-26(10-8-25)20(28)17(19(22)27)24-32(29,30)16-12-13(21)11-14(18(16)31-2)15-5-3-4-6-23-15/h3-6,11-12,17,24H,7-10H2,1-2H3,(H2,22,27)/t17-/m0/s1. The van der Waals surface area contributed by atoms with Gasteiger partial charge in [-0.3, -0.25) is 14.6 Å². The van der Waals surface area contributed by atoms with Crippen molar-refractivity contribution in [2.75, 3.05) is 40.3 Å². The van der Waals surface area contributed by atoms with Crippen molar-refractivity contribution in [1.29, 1.82) is 0 Å². The number of nitrogens with one attached hydrogen (secondary N) is 1. The Balaban J connectivity index is 1.98. The molecule has 0 aliphatic carbocycles. The van der Waals surface area contributed by atoms with E-state index in [0.717, 1.165) is 12.1 Å². The summed E-state index contributed by atoms with van der Waals surface area (Å²) in [6.07, 6.45) is 1.46. The molecule has 1 aromatic carbocycles. The number of nitrogens with two attached hydrogens (primary N) is 1. The average molecular weight is 466 g/mol. The third-order valence-corrected chi connectivity index (χ3v) is 6.50. The van der Waals surface area contributed by atoms with Crippen molar-refractivity contribution < 1.29 is 27.1 Å². The SMILES string of the molecule is COc1c(-c2ccccn2)cc(F)cc1S(=O)(=O)N[C@@H](C(N)=O)C(=O)N1CCN(C)CC1. The molecule has 2 amide bonds. The first kappa shape index (κ1) is 23.6. The van der Waals surface area contributed by atoms with Crippen LogP contribution in [0.25, 0.3) is 11.3 Å². The summed E-state index contributed by atoms with van der Waals surface area (Å²) in [5, 5.41) is 0. The Morgan fingerprint density at radius 1 is 1.22 bits per heavy atom. The second-order valence-corrected chi connectivity index (χ2v) is 8.97. The van der Waals surface area contributed by atoms with Crippen molar-refractivity contribution in [3.05, 3.63) is 42.3 Å². The summed E-state index contributed by atoms with van der Waals surface area (Å²) in [4.78, 5) is 31.7. The lowest BCUT2D eigenvalue weighted by Gasteiger charge is -2.34. The minimum Gasteiger partial charge on any atom is -0.495 e. The van der Waals surface area contributed by atoms with Crippen LogP contribution in [0.4, 0.5) is 4.39 Å². The summed E-state index contributed by atoms with van der Waals surface area (Å²) in [7, 11) is -1.49. The molecule has 3 N–H and O–H groups in total. The molecule has 172 valence electrons. The zero-order chi connectivity index (χ0) is 23.5. The van der Waals surface area contributed by atoms with Crippen LogP contribution in [0, 0.1) is 5.82 Å². The monoisotopic (exact) mass is 465 g/mol. The van der Waals surface area contributed by atoms with E-state index in [0.29, 0.717) is 26.2 Å². The third kappa shape index (κ3) is 5.03. The number of hydrogen-bond donors (Lipinski definition) is 2. The lowest BCUT2D eigenvalue weighted by Crippen LogP contribution is -2.58. The zero-order valence-electron chi connectivity index (χ0n) is 17.6. The van der Waals surface area contributed by atoms with Gasteiger partial charge in [-0.15, -0.1) is 0 Å². The molecule has 1 aliphatic heterocycles. The summed E-state index contributed by atoms with van der Waals surface area (Å²) in [6.45, 7) is 1.76. The van der Waals surface area contributed by atoms with E-state index >= 15 is 0 Å².